The SMILES string of the molecule is CC/C=C\C/C=C\C/C=C\C/C=C\C/C=C\CCCCCC(=O)O[C@H](COC(=O)CC/C=C\C/C=C\C/C=C\C/C=C\C/C=C\CCCCC)COP(=O)(O)OC[C@@H](O)COP(=O)(O)OC[C@@H](COC(=O)CC/C=C\C/C=C\C/C=C\C/C=C\C/C=C\CCCCC)OC(=O)CCCCCCCCC/C=C\CCCCCC. The summed E-state index contributed by atoms with van der Waals surface area (Å²) in [4.78, 5) is 73.2. The van der Waals surface area contributed by atoms with Gasteiger partial charge < -0.3 is 33.8 Å². The van der Waals surface area contributed by atoms with Crippen LogP contribution in [0.3, 0.4) is 0 Å². The third-order valence-corrected chi connectivity index (χ3v) is 18.9. The van der Waals surface area contributed by atoms with Gasteiger partial charge in [-0.1, -0.05) is 306 Å². The Morgan fingerprint density at radius 3 is 0.786 bits per heavy atom. The molecule has 634 valence electrons. The fraction of sp³-hybridized carbons (Fsp3) is 0.613. The van der Waals surface area contributed by atoms with Gasteiger partial charge in [-0.3, -0.25) is 37.3 Å². The van der Waals surface area contributed by atoms with Gasteiger partial charge in [-0.15, -0.1) is 0 Å². The number of phosphoric acid groups is 2. The van der Waals surface area contributed by atoms with E-state index in [2.05, 4.69) is 192 Å². The number of hydrogen-bond acceptors (Lipinski definition) is 15. The van der Waals surface area contributed by atoms with Gasteiger partial charge in [-0.2, -0.15) is 0 Å². The molecule has 19 heteroatoms. The number of rotatable bonds is 78. The van der Waals surface area contributed by atoms with E-state index in [4.69, 9.17) is 37.0 Å². The molecule has 0 bridgehead atoms. The fourth-order valence-corrected chi connectivity index (χ4v) is 12.1. The second-order valence-corrected chi connectivity index (χ2v) is 30.6. The maximum Gasteiger partial charge on any atom is 0.472 e. The molecule has 0 radical (unpaired) electrons. The molecule has 5 atom stereocenters. The summed E-state index contributed by atoms with van der Waals surface area (Å²) in [6.07, 6.45) is 103. The first kappa shape index (κ1) is 106. The van der Waals surface area contributed by atoms with Gasteiger partial charge in [0.15, 0.2) is 12.2 Å². The molecule has 0 aliphatic carbocycles. The highest BCUT2D eigenvalue weighted by molar-refractivity contribution is 7.47. The Balaban J connectivity index is 5.56. The van der Waals surface area contributed by atoms with E-state index in [1.54, 1.807) is 0 Å². The minimum Gasteiger partial charge on any atom is -0.462 e. The van der Waals surface area contributed by atoms with Crippen molar-refractivity contribution in [3.05, 3.63) is 194 Å². The Morgan fingerprint density at radius 1 is 0.259 bits per heavy atom. The number of carbonyl (C=O) groups excluding carboxylic acids is 4. The van der Waals surface area contributed by atoms with Crippen LogP contribution in [0.5, 0.6) is 0 Å². The second-order valence-electron chi connectivity index (χ2n) is 27.7. The van der Waals surface area contributed by atoms with Crippen molar-refractivity contribution in [1.82, 2.24) is 0 Å². The van der Waals surface area contributed by atoms with Crippen molar-refractivity contribution in [2.75, 3.05) is 39.6 Å². The van der Waals surface area contributed by atoms with E-state index in [-0.39, 0.29) is 25.7 Å². The van der Waals surface area contributed by atoms with Crippen molar-refractivity contribution in [3.8, 4) is 0 Å². The first-order chi connectivity index (χ1) is 54.7. The molecule has 2 unspecified atom stereocenters. The lowest BCUT2D eigenvalue weighted by Crippen LogP contribution is -2.30. The number of esters is 4. The molecule has 0 amide bonds. The molecule has 0 aliphatic rings. The molecule has 112 heavy (non-hydrogen) atoms. The predicted octanol–water partition coefficient (Wildman–Crippen LogP) is 25.7. The smallest absolute Gasteiger partial charge is 0.462 e. The van der Waals surface area contributed by atoms with Crippen molar-refractivity contribution >= 4 is 39.5 Å². The van der Waals surface area contributed by atoms with Gasteiger partial charge in [-0.05, 0) is 173 Å². The molecule has 0 spiro atoms. The Labute approximate surface area is 678 Å². The molecular weight excluding hydrogens is 1450 g/mol. The number of phosphoric ester groups is 2. The minimum absolute atomic E-state index is 0.0212. The van der Waals surface area contributed by atoms with E-state index in [9.17, 15) is 43.2 Å². The molecule has 0 aromatic carbocycles. The van der Waals surface area contributed by atoms with Crippen LogP contribution in [0.25, 0.3) is 0 Å². The van der Waals surface area contributed by atoms with Crippen LogP contribution in [-0.2, 0) is 65.4 Å². The minimum atomic E-state index is -5.02. The van der Waals surface area contributed by atoms with Crippen LogP contribution >= 0.6 is 15.6 Å². The Bertz CT molecular complexity index is 2890. The highest BCUT2D eigenvalue weighted by atomic mass is 31.2. The number of allylic oxidation sites excluding steroid dienone is 32. The average molecular weight is 1600 g/mol. The highest BCUT2D eigenvalue weighted by Crippen LogP contribution is 2.45. The third kappa shape index (κ3) is 81.9. The van der Waals surface area contributed by atoms with Crippen LogP contribution in [0.4, 0.5) is 0 Å². The van der Waals surface area contributed by atoms with Crippen molar-refractivity contribution < 1.29 is 80.2 Å². The third-order valence-electron chi connectivity index (χ3n) is 17.0. The zero-order valence-electron chi connectivity index (χ0n) is 69.5. The average Bonchev–Trinajstić information content (AvgIpc) is 0.897. The lowest BCUT2D eigenvalue weighted by Gasteiger charge is -2.21. The maximum absolute atomic E-state index is 13.1. The van der Waals surface area contributed by atoms with Gasteiger partial charge in [-0.25, -0.2) is 9.13 Å². The zero-order valence-corrected chi connectivity index (χ0v) is 71.3. The summed E-state index contributed by atoms with van der Waals surface area (Å²) in [5.74, 6) is -2.42. The van der Waals surface area contributed by atoms with E-state index >= 15 is 0 Å². The largest absolute Gasteiger partial charge is 0.472 e. The van der Waals surface area contributed by atoms with E-state index in [0.717, 1.165) is 154 Å². The number of hydrogen-bond donors (Lipinski definition) is 3. The van der Waals surface area contributed by atoms with Gasteiger partial charge in [0.1, 0.15) is 19.3 Å². The predicted molar refractivity (Wildman–Crippen MR) is 463 cm³/mol. The molecular formula is C93H150O17P2. The summed E-state index contributed by atoms with van der Waals surface area (Å²) in [6.45, 7) is 4.48. The van der Waals surface area contributed by atoms with Gasteiger partial charge in [0.25, 0.3) is 0 Å². The van der Waals surface area contributed by atoms with Crippen molar-refractivity contribution in [2.45, 2.75) is 329 Å². The first-order valence-electron chi connectivity index (χ1n) is 42.7. The summed E-state index contributed by atoms with van der Waals surface area (Å²) in [6, 6.07) is 0. The van der Waals surface area contributed by atoms with Gasteiger partial charge in [0, 0.05) is 25.7 Å². The van der Waals surface area contributed by atoms with Crippen LogP contribution in [-0.4, -0.2) is 96.7 Å². The van der Waals surface area contributed by atoms with Crippen LogP contribution in [0.2, 0.25) is 0 Å². The molecule has 0 aromatic rings. The topological polar surface area (TPSA) is 237 Å². The lowest BCUT2D eigenvalue weighted by molar-refractivity contribution is -0.161. The molecule has 0 saturated carbocycles. The number of aliphatic hydroxyl groups is 1. The molecule has 0 aromatic heterocycles. The Morgan fingerprint density at radius 2 is 0.482 bits per heavy atom. The summed E-state index contributed by atoms with van der Waals surface area (Å²) in [5, 5.41) is 10.7. The molecule has 0 aliphatic heterocycles. The van der Waals surface area contributed by atoms with Gasteiger partial charge in [0.2, 0.25) is 0 Å². The molecule has 0 heterocycles. The summed E-state index contributed by atoms with van der Waals surface area (Å²) in [7, 11) is -10.0. The van der Waals surface area contributed by atoms with Crippen LogP contribution in [0.15, 0.2) is 194 Å². The molecule has 3 N–H and O–H groups in total. The molecule has 0 saturated heterocycles. The maximum atomic E-state index is 13.1. The number of aliphatic hydroxyl groups excluding tert-OH is 1. The molecule has 17 nitrogen and oxygen atoms in total. The number of unbranched alkanes of at least 4 members (excludes halogenated alkanes) is 20. The Hall–Kier alpha value is -6.10. The van der Waals surface area contributed by atoms with E-state index in [1.807, 2.05) is 30.4 Å². The summed E-state index contributed by atoms with van der Waals surface area (Å²) in [5.41, 5.74) is 0. The van der Waals surface area contributed by atoms with Crippen molar-refractivity contribution in [1.29, 1.82) is 0 Å². The van der Waals surface area contributed by atoms with Crippen molar-refractivity contribution in [2.24, 2.45) is 0 Å². The lowest BCUT2D eigenvalue weighted by atomic mass is 10.1. The first-order valence-corrected chi connectivity index (χ1v) is 45.7. The quantitative estimate of drug-likeness (QED) is 0.0169. The summed E-state index contributed by atoms with van der Waals surface area (Å²) >= 11 is 0. The van der Waals surface area contributed by atoms with Crippen molar-refractivity contribution in [3.63, 3.8) is 0 Å². The monoisotopic (exact) mass is 1600 g/mol. The van der Waals surface area contributed by atoms with Gasteiger partial charge >= 0.3 is 39.5 Å². The Kier molecular flexibility index (Phi) is 78.4. The normalized spacial score (nSPS) is 14.7. The van der Waals surface area contributed by atoms with E-state index in [1.165, 1.54) is 64.2 Å². The van der Waals surface area contributed by atoms with Crippen LogP contribution in [0.1, 0.15) is 310 Å². The van der Waals surface area contributed by atoms with Crippen LogP contribution in [0, 0.1) is 0 Å². The van der Waals surface area contributed by atoms with Gasteiger partial charge in [0.05, 0.1) is 26.4 Å². The summed E-state index contributed by atoms with van der Waals surface area (Å²) < 4.78 is 68.6. The molecule has 0 fully saturated rings. The van der Waals surface area contributed by atoms with E-state index < -0.39 is 97.5 Å². The highest BCUT2D eigenvalue weighted by Gasteiger charge is 2.30. The van der Waals surface area contributed by atoms with Crippen LogP contribution < -0.4 is 0 Å². The second kappa shape index (κ2) is 82.9. The number of carbonyl (C=O) groups is 4. The standard InChI is InChI=1S/C93H150O17P2/c1-5-9-13-17-21-25-29-33-37-40-43-46-50-53-57-61-65-69-73-77-90(95)103-83-88(109-92(97)79-75-71-67-63-59-55-49-36-32-28-24-20-16-12-8-4)85-107-111(99,100)105-81-87(94)82-106-112(101,102)108-86-89(110-93(98)80-76-72-68-64-60-56-52-48-45-42-39-35-31-27-23-19-15-11-7-3)84-104-91(96)78-74-70-66-62-58-54-51-47-44-41-38-34-30-26-22-18-14-10-6-2/h11,15,21-23,25-28,32-35,37-39,43-48,53-54,56-58,60,65-66,69-70,87-89,94H,5-10,12-14,16-20,24,29-31,36,40-42,49-52,55,59,61-64,67-68,71-86H2,1-4H3,(H,99,100)(H,101,102)/b15-11-,25-21-,26-22-,27-23-,32-28-,37-33-,38-34-,39-35-,46-43-,47-44-,48-45-,57-53-,58-54-,60-56-,69-65-,70-66-/t87-,88+,89+/m0/s1. The molecule has 0 rings (SSSR count). The van der Waals surface area contributed by atoms with E-state index in [0.29, 0.717) is 38.5 Å². The zero-order chi connectivity index (χ0) is 81.7. The number of ether oxygens (including phenoxy) is 4. The fourth-order valence-electron chi connectivity index (χ4n) is 10.6.